The lowest BCUT2D eigenvalue weighted by Gasteiger charge is -2.04. The highest BCUT2D eigenvalue weighted by Gasteiger charge is 2.02. The number of nitrogens with zero attached hydrogens (tertiary/aromatic N) is 1. The number of carbonyl (C=O) groups is 1. The quantitative estimate of drug-likeness (QED) is 0.371. The molecule has 1 rings (SSSR count). The number of rotatable bonds is 10. The first kappa shape index (κ1) is 18.7. The molecule has 0 aliphatic heterocycles. The Balaban J connectivity index is 2.30. The van der Waals surface area contributed by atoms with E-state index in [0.29, 0.717) is 6.42 Å². The molecule has 1 N–H and O–H groups in total. The van der Waals surface area contributed by atoms with Gasteiger partial charge in [-0.1, -0.05) is 55.0 Å². The fraction of sp³-hybridized carbons (Fsp3) is 0.529. The van der Waals surface area contributed by atoms with Crippen molar-refractivity contribution in [2.24, 2.45) is 5.10 Å². The van der Waals surface area contributed by atoms with Crippen LogP contribution in [0.2, 0.25) is 0 Å². The Morgan fingerprint density at radius 3 is 2.73 bits per heavy atom. The van der Waals surface area contributed by atoms with Gasteiger partial charge in [-0.2, -0.15) is 5.10 Å². The molecule has 0 aliphatic rings. The normalized spacial score (nSPS) is 10.9. The van der Waals surface area contributed by atoms with Crippen LogP contribution in [0.3, 0.4) is 0 Å². The highest BCUT2D eigenvalue weighted by Crippen LogP contribution is 2.21. The molecule has 5 heteroatoms. The van der Waals surface area contributed by atoms with Crippen LogP contribution < -0.4 is 10.2 Å². The molecular weight excluding hydrogens is 344 g/mol. The van der Waals surface area contributed by atoms with Crippen LogP contribution in [-0.2, 0) is 4.79 Å². The van der Waals surface area contributed by atoms with Gasteiger partial charge in [-0.25, -0.2) is 5.43 Å². The first-order valence-corrected chi connectivity index (χ1v) is 8.62. The van der Waals surface area contributed by atoms with Gasteiger partial charge in [0, 0.05) is 16.5 Å². The fourth-order valence-corrected chi connectivity index (χ4v) is 2.48. The van der Waals surface area contributed by atoms with E-state index in [2.05, 4.69) is 33.4 Å². The van der Waals surface area contributed by atoms with Crippen LogP contribution in [0, 0.1) is 0 Å². The van der Waals surface area contributed by atoms with Gasteiger partial charge in [-0.3, -0.25) is 4.79 Å². The molecule has 1 aromatic rings. The molecule has 0 atom stereocenters. The molecule has 122 valence electrons. The average molecular weight is 369 g/mol. The number of hydrazone groups is 1. The molecule has 4 nitrogen and oxygen atoms in total. The van der Waals surface area contributed by atoms with E-state index in [9.17, 15) is 4.79 Å². The summed E-state index contributed by atoms with van der Waals surface area (Å²) < 4.78 is 6.18. The number of carbonyl (C=O) groups excluding carboxylic acids is 1. The third-order valence-electron chi connectivity index (χ3n) is 3.34. The van der Waals surface area contributed by atoms with Crippen molar-refractivity contribution in [3.8, 4) is 5.75 Å². The van der Waals surface area contributed by atoms with Crippen LogP contribution in [0.25, 0.3) is 0 Å². The van der Waals surface area contributed by atoms with Crippen LogP contribution in [-0.4, -0.2) is 19.2 Å². The second-order valence-electron chi connectivity index (χ2n) is 5.20. The number of nitrogens with one attached hydrogen (secondary N) is 1. The fourth-order valence-electron chi connectivity index (χ4n) is 2.10. The summed E-state index contributed by atoms with van der Waals surface area (Å²) in [7, 11) is 1.61. The summed E-state index contributed by atoms with van der Waals surface area (Å²) in [5.41, 5.74) is 3.38. The Morgan fingerprint density at radius 1 is 1.27 bits per heavy atom. The third kappa shape index (κ3) is 7.59. The summed E-state index contributed by atoms with van der Waals surface area (Å²) in [4.78, 5) is 11.7. The van der Waals surface area contributed by atoms with Gasteiger partial charge >= 0.3 is 0 Å². The minimum absolute atomic E-state index is 0.0410. The van der Waals surface area contributed by atoms with Crippen LogP contribution >= 0.6 is 15.9 Å². The van der Waals surface area contributed by atoms with Crippen LogP contribution in [0.15, 0.2) is 27.8 Å². The first-order valence-electron chi connectivity index (χ1n) is 7.82. The number of hydrogen-bond acceptors (Lipinski definition) is 3. The summed E-state index contributed by atoms with van der Waals surface area (Å²) in [5.74, 6) is 0.679. The van der Waals surface area contributed by atoms with E-state index in [1.807, 2.05) is 18.2 Å². The lowest BCUT2D eigenvalue weighted by Crippen LogP contribution is -2.16. The summed E-state index contributed by atoms with van der Waals surface area (Å²) in [6.45, 7) is 2.20. The topological polar surface area (TPSA) is 50.7 Å². The molecular formula is C17H25BrN2O2. The Hall–Kier alpha value is -1.36. The number of ether oxygens (including phenoxy) is 1. The van der Waals surface area contributed by atoms with Crippen molar-refractivity contribution in [1.29, 1.82) is 0 Å². The van der Waals surface area contributed by atoms with Crippen molar-refractivity contribution >= 4 is 28.1 Å². The Labute approximate surface area is 141 Å². The second kappa shape index (κ2) is 11.2. The summed E-state index contributed by atoms with van der Waals surface area (Å²) in [6.07, 6.45) is 9.15. The number of halogens is 1. The smallest absolute Gasteiger partial charge is 0.240 e. The van der Waals surface area contributed by atoms with Gasteiger partial charge in [-0.05, 0) is 24.6 Å². The molecule has 0 bridgehead atoms. The summed E-state index contributed by atoms with van der Waals surface area (Å²) in [6, 6.07) is 5.64. The Bertz CT molecular complexity index is 490. The monoisotopic (exact) mass is 368 g/mol. The molecule has 0 saturated carbocycles. The van der Waals surface area contributed by atoms with Crippen molar-refractivity contribution in [2.45, 2.75) is 51.9 Å². The van der Waals surface area contributed by atoms with E-state index in [1.165, 1.54) is 25.7 Å². The summed E-state index contributed by atoms with van der Waals surface area (Å²) in [5, 5.41) is 3.99. The highest BCUT2D eigenvalue weighted by atomic mass is 79.9. The largest absolute Gasteiger partial charge is 0.496 e. The summed E-state index contributed by atoms with van der Waals surface area (Å²) >= 11 is 3.40. The van der Waals surface area contributed by atoms with E-state index >= 15 is 0 Å². The van der Waals surface area contributed by atoms with Crippen molar-refractivity contribution < 1.29 is 9.53 Å². The predicted octanol–water partition coefficient (Wildman–Crippen LogP) is 4.66. The number of unbranched alkanes of at least 4 members (excludes halogenated alkanes) is 5. The Morgan fingerprint density at radius 2 is 2.00 bits per heavy atom. The molecule has 22 heavy (non-hydrogen) atoms. The van der Waals surface area contributed by atoms with Crippen molar-refractivity contribution in [2.75, 3.05) is 7.11 Å². The number of amides is 1. The van der Waals surface area contributed by atoms with Gasteiger partial charge in [0.1, 0.15) is 5.75 Å². The van der Waals surface area contributed by atoms with Gasteiger partial charge in [0.25, 0.3) is 0 Å². The lowest BCUT2D eigenvalue weighted by atomic mass is 10.1. The number of hydrogen-bond donors (Lipinski definition) is 1. The molecule has 0 saturated heterocycles. The van der Waals surface area contributed by atoms with Gasteiger partial charge in [0.2, 0.25) is 5.91 Å². The number of benzene rings is 1. The molecule has 0 spiro atoms. The van der Waals surface area contributed by atoms with Gasteiger partial charge < -0.3 is 4.74 Å². The van der Waals surface area contributed by atoms with Crippen LogP contribution in [0.1, 0.15) is 57.4 Å². The van der Waals surface area contributed by atoms with E-state index in [1.54, 1.807) is 13.3 Å². The maximum atomic E-state index is 11.7. The SMILES string of the molecule is CCCCCCCCC(=O)N/N=C/c1cc(Br)ccc1OC. The first-order chi connectivity index (χ1) is 10.7. The van der Waals surface area contributed by atoms with Crippen molar-refractivity contribution in [1.82, 2.24) is 5.43 Å². The minimum atomic E-state index is -0.0410. The molecule has 0 aromatic heterocycles. The zero-order chi connectivity index (χ0) is 16.2. The second-order valence-corrected chi connectivity index (χ2v) is 6.11. The Kier molecular flexibility index (Phi) is 9.55. The maximum absolute atomic E-state index is 11.7. The zero-order valence-corrected chi connectivity index (χ0v) is 15.0. The standard InChI is InChI=1S/C17H25BrN2O2/c1-3-4-5-6-7-8-9-17(21)20-19-13-14-12-15(18)10-11-16(14)22-2/h10-13H,3-9H2,1-2H3,(H,20,21)/b19-13+. The van der Waals surface area contributed by atoms with Crippen LogP contribution in [0.5, 0.6) is 5.75 Å². The predicted molar refractivity (Wildman–Crippen MR) is 94.4 cm³/mol. The van der Waals surface area contributed by atoms with Gasteiger partial charge in [-0.15, -0.1) is 0 Å². The van der Waals surface area contributed by atoms with E-state index in [4.69, 9.17) is 4.74 Å². The van der Waals surface area contributed by atoms with Crippen molar-refractivity contribution in [3.05, 3.63) is 28.2 Å². The average Bonchev–Trinajstić information content (AvgIpc) is 2.51. The van der Waals surface area contributed by atoms with Gasteiger partial charge in [0.05, 0.1) is 13.3 Å². The number of methoxy groups -OCH3 is 1. The van der Waals surface area contributed by atoms with Crippen molar-refractivity contribution in [3.63, 3.8) is 0 Å². The van der Waals surface area contributed by atoms with E-state index in [0.717, 1.165) is 28.6 Å². The minimum Gasteiger partial charge on any atom is -0.496 e. The maximum Gasteiger partial charge on any atom is 0.240 e. The zero-order valence-electron chi connectivity index (χ0n) is 13.4. The molecule has 0 fully saturated rings. The molecule has 0 unspecified atom stereocenters. The molecule has 1 aromatic carbocycles. The molecule has 1 amide bonds. The molecule has 0 radical (unpaired) electrons. The van der Waals surface area contributed by atoms with Gasteiger partial charge in [0.15, 0.2) is 0 Å². The lowest BCUT2D eigenvalue weighted by molar-refractivity contribution is -0.121. The molecule has 0 heterocycles. The van der Waals surface area contributed by atoms with Crippen LogP contribution in [0.4, 0.5) is 0 Å². The van der Waals surface area contributed by atoms with E-state index < -0.39 is 0 Å². The highest BCUT2D eigenvalue weighted by molar-refractivity contribution is 9.10. The van der Waals surface area contributed by atoms with E-state index in [-0.39, 0.29) is 5.91 Å². The molecule has 0 aliphatic carbocycles. The third-order valence-corrected chi connectivity index (χ3v) is 3.84.